The molecule has 0 aromatic carbocycles. The van der Waals surface area contributed by atoms with Gasteiger partial charge in [-0.2, -0.15) is 0 Å². The highest BCUT2D eigenvalue weighted by Crippen LogP contribution is 2.43. The van der Waals surface area contributed by atoms with Crippen molar-refractivity contribution in [2.24, 2.45) is 5.92 Å². The second-order valence-electron chi connectivity index (χ2n) is 5.01. The molecule has 1 aromatic rings. The van der Waals surface area contributed by atoms with E-state index in [1.807, 2.05) is 6.08 Å². The average Bonchev–Trinajstić information content (AvgIpc) is 3.05. The van der Waals surface area contributed by atoms with Gasteiger partial charge in [0.1, 0.15) is 5.92 Å². The van der Waals surface area contributed by atoms with Crippen LogP contribution in [-0.2, 0) is 4.84 Å². The smallest absolute Gasteiger partial charge is 0.333 e. The van der Waals surface area contributed by atoms with E-state index in [4.69, 9.17) is 4.84 Å². The van der Waals surface area contributed by atoms with E-state index in [1.165, 1.54) is 0 Å². The molecule has 108 valence electrons. The molecule has 1 aliphatic heterocycles. The zero-order valence-corrected chi connectivity index (χ0v) is 10.4. The molecule has 0 saturated heterocycles. The van der Waals surface area contributed by atoms with Crippen molar-refractivity contribution in [1.82, 2.24) is 5.16 Å². The van der Waals surface area contributed by atoms with Crippen molar-refractivity contribution in [3.05, 3.63) is 50.1 Å². The highest BCUT2D eigenvalue weighted by Gasteiger charge is 2.54. The molecule has 0 spiro atoms. The molecule has 1 aromatic heterocycles. The number of hydrogen-bond donors (Lipinski definition) is 0. The molecule has 3 aliphatic rings. The number of fused-ring (bicyclic) bond motifs is 5. The molecule has 21 heavy (non-hydrogen) atoms. The fourth-order valence-corrected chi connectivity index (χ4v) is 3.12. The van der Waals surface area contributed by atoms with Crippen LogP contribution in [0.5, 0.6) is 0 Å². The van der Waals surface area contributed by atoms with Gasteiger partial charge in [-0.3, -0.25) is 20.0 Å². The second kappa shape index (κ2) is 3.81. The number of nitrogens with zero attached hydrogens (tertiary/aromatic N) is 4. The molecule has 0 N–H and O–H groups in total. The minimum absolute atomic E-state index is 0.0120. The predicted molar refractivity (Wildman–Crippen MR) is 63.9 cm³/mol. The molecule has 0 saturated carbocycles. The molecular formula is C11H8N4O6. The van der Waals surface area contributed by atoms with Crippen LogP contribution < -0.4 is 4.90 Å². The highest BCUT2D eigenvalue weighted by molar-refractivity contribution is 6.03. The van der Waals surface area contributed by atoms with Crippen LogP contribution in [0.2, 0.25) is 0 Å². The molecule has 2 heterocycles. The molecule has 3 atom stereocenters. The van der Waals surface area contributed by atoms with Crippen LogP contribution in [0.15, 0.2) is 22.9 Å². The zero-order valence-electron chi connectivity index (χ0n) is 10.4. The largest absolute Gasteiger partial charge is 0.395 e. The van der Waals surface area contributed by atoms with Crippen molar-refractivity contribution in [1.29, 1.82) is 0 Å². The minimum atomic E-state index is -0.711. The lowest BCUT2D eigenvalue weighted by Crippen LogP contribution is -2.46. The normalized spacial score (nSPS) is 29.3. The quantitative estimate of drug-likeness (QED) is 0.304. The van der Waals surface area contributed by atoms with Gasteiger partial charge in [-0.25, -0.2) is 0 Å². The van der Waals surface area contributed by atoms with Crippen molar-refractivity contribution in [2.45, 2.75) is 18.4 Å². The summed E-state index contributed by atoms with van der Waals surface area (Å²) in [7, 11) is 0. The average molecular weight is 292 g/mol. The summed E-state index contributed by atoms with van der Waals surface area (Å²) in [6.07, 6.45) is 4.81. The van der Waals surface area contributed by atoms with Crippen LogP contribution in [0.1, 0.15) is 23.7 Å². The van der Waals surface area contributed by atoms with Crippen LogP contribution in [0.3, 0.4) is 0 Å². The Morgan fingerprint density at radius 1 is 1.43 bits per heavy atom. The number of nitro groups is 1. The Morgan fingerprint density at radius 2 is 2.24 bits per heavy atom. The summed E-state index contributed by atoms with van der Waals surface area (Å²) in [6.45, 7) is 0. The topological polar surface area (TPSA) is 131 Å². The van der Waals surface area contributed by atoms with E-state index >= 15 is 0 Å². The molecule has 2 aliphatic carbocycles. The van der Waals surface area contributed by atoms with E-state index in [0.717, 1.165) is 6.08 Å². The van der Waals surface area contributed by atoms with E-state index in [1.54, 1.807) is 6.08 Å². The second-order valence-corrected chi connectivity index (χ2v) is 5.01. The maximum Gasteiger partial charge on any atom is 0.333 e. The van der Waals surface area contributed by atoms with Crippen LogP contribution in [0.4, 0.5) is 0 Å². The van der Waals surface area contributed by atoms with Crippen LogP contribution in [-0.4, -0.2) is 26.8 Å². The molecule has 4 rings (SSSR count). The molecule has 0 amide bonds. The van der Waals surface area contributed by atoms with Gasteiger partial charge in [0.15, 0.2) is 0 Å². The Balaban J connectivity index is 1.97. The first kappa shape index (κ1) is 11.9. The summed E-state index contributed by atoms with van der Waals surface area (Å²) in [5.74, 6) is -0.827. The maximum atomic E-state index is 12.0. The van der Waals surface area contributed by atoms with E-state index < -0.39 is 22.6 Å². The van der Waals surface area contributed by atoms with Gasteiger partial charge in [0.25, 0.3) is 5.71 Å². The summed E-state index contributed by atoms with van der Waals surface area (Å²) in [5, 5.41) is 38.4. The number of aromatic nitrogens is 2. The van der Waals surface area contributed by atoms with Gasteiger partial charge in [-0.15, -0.1) is 0 Å². The number of hydrogen-bond acceptors (Lipinski definition) is 7. The van der Waals surface area contributed by atoms with Crippen molar-refractivity contribution in [2.75, 3.05) is 0 Å². The summed E-state index contributed by atoms with van der Waals surface area (Å²) in [5.41, 5.74) is -0.581. The Kier molecular flexibility index (Phi) is 2.15. The molecule has 10 nitrogen and oxygen atoms in total. The first-order valence-electron chi connectivity index (χ1n) is 6.21. The molecule has 10 heteroatoms. The summed E-state index contributed by atoms with van der Waals surface area (Å²) < 4.78 is 4.50. The Hall–Kier alpha value is -2.91. The lowest BCUT2D eigenvalue weighted by molar-refractivity contribution is -0.810. The van der Waals surface area contributed by atoms with Crippen molar-refractivity contribution < 1.29 is 24.2 Å². The number of allylic oxidation sites excluding steroid dienone is 2. The summed E-state index contributed by atoms with van der Waals surface area (Å²) in [4.78, 5) is 15.9. The van der Waals surface area contributed by atoms with E-state index in [9.17, 15) is 20.5 Å². The molecule has 0 bridgehead atoms. The molecule has 0 fully saturated rings. The van der Waals surface area contributed by atoms with E-state index in [2.05, 4.69) is 9.79 Å². The fourth-order valence-electron chi connectivity index (χ4n) is 3.12. The lowest BCUT2D eigenvalue weighted by Gasteiger charge is -2.32. The van der Waals surface area contributed by atoms with Crippen molar-refractivity contribution in [3.63, 3.8) is 0 Å². The third kappa shape index (κ3) is 1.43. The van der Waals surface area contributed by atoms with Gasteiger partial charge >= 0.3 is 11.4 Å². The van der Waals surface area contributed by atoms with Gasteiger partial charge < -0.3 is 10.0 Å². The van der Waals surface area contributed by atoms with Crippen LogP contribution >= 0.6 is 0 Å². The van der Waals surface area contributed by atoms with Gasteiger partial charge in [0.05, 0.1) is 22.3 Å². The molecule has 0 radical (unpaired) electrons. The first-order chi connectivity index (χ1) is 10.1. The number of rotatable bonds is 1. The molecular weight excluding hydrogens is 284 g/mol. The van der Waals surface area contributed by atoms with Crippen molar-refractivity contribution >= 4 is 11.4 Å². The summed E-state index contributed by atoms with van der Waals surface area (Å²) in [6, 6.07) is 0. The maximum absolute atomic E-state index is 12.0. The Morgan fingerprint density at radius 3 is 3.00 bits per heavy atom. The summed E-state index contributed by atoms with van der Waals surface area (Å²) >= 11 is 0. The Bertz CT molecular complexity index is 748. The van der Waals surface area contributed by atoms with Gasteiger partial charge in [-0.1, -0.05) is 12.2 Å². The van der Waals surface area contributed by atoms with Gasteiger partial charge in [0, 0.05) is 10.8 Å². The fraction of sp³-hybridized carbons (Fsp3) is 0.364. The van der Waals surface area contributed by atoms with Crippen LogP contribution in [0.25, 0.3) is 5.70 Å². The monoisotopic (exact) mass is 292 g/mol. The zero-order chi connectivity index (χ0) is 14.7. The standard InChI is InChI=1S/C11H8N4O6/c16-13(17)7-4-6-9(11-10(7)12-21-15(11)19)5-2-1-3-8(5)20-14(6)18/h1,3-5,8-9H,2H2/t5-,8+,9-/m0/s1. The Labute approximate surface area is 116 Å². The van der Waals surface area contributed by atoms with E-state index in [-0.39, 0.29) is 32.8 Å². The van der Waals surface area contributed by atoms with Gasteiger partial charge in [-0.05, 0) is 11.3 Å². The third-order valence-electron chi connectivity index (χ3n) is 4.00. The highest BCUT2D eigenvalue weighted by atomic mass is 16.9. The van der Waals surface area contributed by atoms with Crippen LogP contribution in [0, 0.1) is 26.4 Å². The lowest BCUT2D eigenvalue weighted by atomic mass is 9.78. The SMILES string of the molecule is O=[N+]([O-])C1=CC2=[N+]([O-])O[C@@H]3C=CC[C@@H]3[C@@H]2c2c1no[n+]2[O-]. The van der Waals surface area contributed by atoms with Gasteiger partial charge in [0.2, 0.25) is 5.69 Å². The van der Waals surface area contributed by atoms with Crippen molar-refractivity contribution in [3.8, 4) is 0 Å². The minimum Gasteiger partial charge on any atom is -0.395 e. The van der Waals surface area contributed by atoms with E-state index in [0.29, 0.717) is 6.42 Å². The predicted octanol–water partition coefficient (Wildman–Crippen LogP) is -0.136. The molecule has 0 unspecified atom stereocenters. The first-order valence-corrected chi connectivity index (χ1v) is 6.21. The third-order valence-corrected chi connectivity index (χ3v) is 4.00.